The van der Waals surface area contributed by atoms with Gasteiger partial charge in [0.25, 0.3) is 5.91 Å². The van der Waals surface area contributed by atoms with Gasteiger partial charge in [-0.15, -0.1) is 6.58 Å². The Labute approximate surface area is 122 Å². The van der Waals surface area contributed by atoms with Crippen molar-refractivity contribution in [2.75, 3.05) is 7.11 Å². The molecule has 2 unspecified atom stereocenters. The first-order valence-corrected chi connectivity index (χ1v) is 6.49. The van der Waals surface area contributed by atoms with Crippen LogP contribution in [-0.4, -0.2) is 34.4 Å². The number of ether oxygens (including phenoxy) is 1. The second kappa shape index (κ2) is 6.21. The van der Waals surface area contributed by atoms with Gasteiger partial charge in [-0.25, -0.2) is 9.78 Å². The summed E-state index contributed by atoms with van der Waals surface area (Å²) in [5.74, 6) is -1.08. The molecule has 0 saturated carbocycles. The highest BCUT2D eigenvalue weighted by Crippen LogP contribution is 2.10. The summed E-state index contributed by atoms with van der Waals surface area (Å²) in [5, 5.41) is 2.68. The van der Waals surface area contributed by atoms with Crippen molar-refractivity contribution in [2.24, 2.45) is 5.92 Å². The summed E-state index contributed by atoms with van der Waals surface area (Å²) < 4.78 is 6.51. The van der Waals surface area contributed by atoms with Gasteiger partial charge in [-0.1, -0.05) is 13.0 Å². The zero-order chi connectivity index (χ0) is 15.4. The van der Waals surface area contributed by atoms with Gasteiger partial charge in [0.15, 0.2) is 0 Å². The standard InChI is InChI=1S/C15H17N3O3/c1-4-10(2)13(15(20)21-3)17-14(19)11-5-6-18-9-16-8-12(18)7-11/h4-10,13H,1H2,2-3H3,(H,17,19). The van der Waals surface area contributed by atoms with Gasteiger partial charge in [0, 0.05) is 17.7 Å². The molecule has 0 saturated heterocycles. The van der Waals surface area contributed by atoms with Crippen LogP contribution in [0.2, 0.25) is 0 Å². The lowest BCUT2D eigenvalue weighted by atomic mass is 10.0. The van der Waals surface area contributed by atoms with Crippen LogP contribution in [0.1, 0.15) is 17.3 Å². The Morgan fingerprint density at radius 1 is 1.52 bits per heavy atom. The highest BCUT2D eigenvalue weighted by molar-refractivity contribution is 5.97. The lowest BCUT2D eigenvalue weighted by molar-refractivity contribution is -0.143. The van der Waals surface area contributed by atoms with E-state index >= 15 is 0 Å². The SMILES string of the molecule is C=CC(C)C(NC(=O)c1ccn2cncc2c1)C(=O)OC. The summed E-state index contributed by atoms with van der Waals surface area (Å²) in [6.07, 6.45) is 6.64. The summed E-state index contributed by atoms with van der Waals surface area (Å²) in [7, 11) is 1.29. The van der Waals surface area contributed by atoms with E-state index < -0.39 is 12.0 Å². The molecular formula is C15H17N3O3. The number of carbonyl (C=O) groups is 2. The molecular weight excluding hydrogens is 270 g/mol. The van der Waals surface area contributed by atoms with E-state index in [1.807, 2.05) is 0 Å². The van der Waals surface area contributed by atoms with Crippen molar-refractivity contribution in [2.45, 2.75) is 13.0 Å². The number of nitrogens with zero attached hydrogens (tertiary/aromatic N) is 2. The van der Waals surface area contributed by atoms with E-state index in [1.54, 1.807) is 48.3 Å². The van der Waals surface area contributed by atoms with Gasteiger partial charge in [0.05, 0.1) is 25.2 Å². The number of hydrogen-bond acceptors (Lipinski definition) is 4. The molecule has 2 heterocycles. The summed E-state index contributed by atoms with van der Waals surface area (Å²) in [5.41, 5.74) is 1.25. The molecule has 2 atom stereocenters. The fourth-order valence-corrected chi connectivity index (χ4v) is 1.95. The third kappa shape index (κ3) is 3.10. The molecule has 0 spiro atoms. The fourth-order valence-electron chi connectivity index (χ4n) is 1.95. The highest BCUT2D eigenvalue weighted by Gasteiger charge is 2.26. The lowest BCUT2D eigenvalue weighted by Crippen LogP contribution is -2.45. The van der Waals surface area contributed by atoms with Crippen molar-refractivity contribution in [3.8, 4) is 0 Å². The van der Waals surface area contributed by atoms with Crippen molar-refractivity contribution in [1.29, 1.82) is 0 Å². The number of pyridine rings is 1. The Kier molecular flexibility index (Phi) is 4.37. The third-order valence-electron chi connectivity index (χ3n) is 3.32. The first kappa shape index (κ1) is 14.8. The first-order chi connectivity index (χ1) is 10.1. The number of methoxy groups -OCH3 is 1. The Balaban J connectivity index is 2.21. The largest absolute Gasteiger partial charge is 0.467 e. The number of rotatable bonds is 5. The Morgan fingerprint density at radius 2 is 2.29 bits per heavy atom. The van der Waals surface area contributed by atoms with Crippen LogP contribution in [0.25, 0.3) is 5.52 Å². The maximum atomic E-state index is 12.3. The Hall–Kier alpha value is -2.63. The smallest absolute Gasteiger partial charge is 0.328 e. The topological polar surface area (TPSA) is 72.7 Å². The van der Waals surface area contributed by atoms with Gasteiger partial charge in [-0.3, -0.25) is 4.79 Å². The van der Waals surface area contributed by atoms with E-state index in [4.69, 9.17) is 4.74 Å². The molecule has 0 aromatic carbocycles. The molecule has 0 bridgehead atoms. The van der Waals surface area contributed by atoms with Crippen molar-refractivity contribution < 1.29 is 14.3 Å². The third-order valence-corrected chi connectivity index (χ3v) is 3.32. The fraction of sp³-hybridized carbons (Fsp3) is 0.267. The minimum absolute atomic E-state index is 0.236. The van der Waals surface area contributed by atoms with E-state index in [-0.39, 0.29) is 11.8 Å². The Bertz CT molecular complexity index is 678. The molecule has 0 aliphatic heterocycles. The summed E-state index contributed by atoms with van der Waals surface area (Å²) in [4.78, 5) is 28.0. The summed E-state index contributed by atoms with van der Waals surface area (Å²) >= 11 is 0. The summed E-state index contributed by atoms with van der Waals surface area (Å²) in [6, 6.07) is 2.60. The van der Waals surface area contributed by atoms with Gasteiger partial charge in [0.2, 0.25) is 0 Å². The number of nitrogens with one attached hydrogen (secondary N) is 1. The van der Waals surface area contributed by atoms with Crippen LogP contribution in [0.3, 0.4) is 0 Å². The second-order valence-corrected chi connectivity index (χ2v) is 4.71. The van der Waals surface area contributed by atoms with Gasteiger partial charge < -0.3 is 14.5 Å². The van der Waals surface area contributed by atoms with Crippen LogP contribution in [0.5, 0.6) is 0 Å². The van der Waals surface area contributed by atoms with Gasteiger partial charge in [0.1, 0.15) is 6.04 Å². The lowest BCUT2D eigenvalue weighted by Gasteiger charge is -2.20. The van der Waals surface area contributed by atoms with E-state index in [1.165, 1.54) is 7.11 Å². The molecule has 21 heavy (non-hydrogen) atoms. The van der Waals surface area contributed by atoms with Crippen LogP contribution >= 0.6 is 0 Å². The van der Waals surface area contributed by atoms with E-state index in [9.17, 15) is 9.59 Å². The number of aromatic nitrogens is 2. The van der Waals surface area contributed by atoms with E-state index in [0.29, 0.717) is 5.56 Å². The molecule has 1 N–H and O–H groups in total. The number of amides is 1. The number of esters is 1. The maximum Gasteiger partial charge on any atom is 0.328 e. The minimum Gasteiger partial charge on any atom is -0.467 e. The summed E-state index contributed by atoms with van der Waals surface area (Å²) in [6.45, 7) is 5.43. The minimum atomic E-state index is -0.763. The van der Waals surface area contributed by atoms with Crippen molar-refractivity contribution in [3.05, 3.63) is 49.1 Å². The average molecular weight is 287 g/mol. The predicted molar refractivity (Wildman–Crippen MR) is 77.8 cm³/mol. The number of fused-ring (bicyclic) bond motifs is 1. The van der Waals surface area contributed by atoms with Gasteiger partial charge >= 0.3 is 5.97 Å². The quantitative estimate of drug-likeness (QED) is 0.667. The molecule has 0 aliphatic rings. The first-order valence-electron chi connectivity index (χ1n) is 6.49. The van der Waals surface area contributed by atoms with Crippen LogP contribution in [-0.2, 0) is 9.53 Å². The van der Waals surface area contributed by atoms with E-state index in [0.717, 1.165) is 5.52 Å². The molecule has 1 amide bonds. The zero-order valence-corrected chi connectivity index (χ0v) is 11.9. The van der Waals surface area contributed by atoms with Gasteiger partial charge in [-0.2, -0.15) is 0 Å². The highest BCUT2D eigenvalue weighted by atomic mass is 16.5. The second-order valence-electron chi connectivity index (χ2n) is 4.71. The van der Waals surface area contributed by atoms with Crippen LogP contribution in [0, 0.1) is 5.92 Å². The van der Waals surface area contributed by atoms with Crippen molar-refractivity contribution >= 4 is 17.4 Å². The van der Waals surface area contributed by atoms with Gasteiger partial charge in [-0.05, 0) is 12.1 Å². The molecule has 6 heteroatoms. The van der Waals surface area contributed by atoms with Crippen molar-refractivity contribution in [1.82, 2.24) is 14.7 Å². The molecule has 6 nitrogen and oxygen atoms in total. The van der Waals surface area contributed by atoms with Crippen LogP contribution in [0.4, 0.5) is 0 Å². The molecule has 0 radical (unpaired) electrons. The normalized spacial score (nSPS) is 13.4. The molecule has 0 fully saturated rings. The maximum absolute atomic E-state index is 12.3. The Morgan fingerprint density at radius 3 is 2.95 bits per heavy atom. The van der Waals surface area contributed by atoms with E-state index in [2.05, 4.69) is 16.9 Å². The van der Waals surface area contributed by atoms with Crippen molar-refractivity contribution in [3.63, 3.8) is 0 Å². The molecule has 2 aromatic rings. The number of carbonyl (C=O) groups excluding carboxylic acids is 2. The zero-order valence-electron chi connectivity index (χ0n) is 11.9. The number of imidazole rings is 1. The average Bonchev–Trinajstić information content (AvgIpc) is 2.98. The monoisotopic (exact) mass is 287 g/mol. The molecule has 2 aromatic heterocycles. The van der Waals surface area contributed by atoms with Crippen LogP contribution < -0.4 is 5.32 Å². The molecule has 110 valence electrons. The molecule has 2 rings (SSSR count). The van der Waals surface area contributed by atoms with Crippen LogP contribution in [0.15, 0.2) is 43.5 Å². The number of hydrogen-bond donors (Lipinski definition) is 1. The molecule has 0 aliphatic carbocycles. The predicted octanol–water partition coefficient (Wildman–Crippen LogP) is 1.43.